The molecule has 0 fully saturated rings. The zero-order chi connectivity index (χ0) is 16.3. The zero-order valence-electron chi connectivity index (χ0n) is 14.6. The number of nitrogens with one attached hydrogen (secondary N) is 1. The van der Waals surface area contributed by atoms with Gasteiger partial charge in [0, 0.05) is 6.42 Å². The largest absolute Gasteiger partial charge is 0.377 e. The van der Waals surface area contributed by atoms with Gasteiger partial charge in [0.2, 0.25) is 5.91 Å². The second-order valence-electron chi connectivity index (χ2n) is 6.09. The predicted octanol–water partition coefficient (Wildman–Crippen LogP) is 5.09. The molecule has 0 aliphatic heterocycles. The average molecular weight is 312 g/mol. The highest BCUT2D eigenvalue weighted by Crippen LogP contribution is 2.09. The molecule has 0 heterocycles. The standard InChI is InChI=1S/C19H37NO2/c1-2-3-4-5-6-7-8-9-10-11-12-13-14-15-16-17-19(22)20-18-21/h9-10,21H,2-8,11-18H2,1H3,(H,20,22). The number of hydrogen-bond acceptors (Lipinski definition) is 2. The van der Waals surface area contributed by atoms with Crippen LogP contribution in [0.4, 0.5) is 0 Å². The molecule has 0 atom stereocenters. The minimum absolute atomic E-state index is 0.0415. The predicted molar refractivity (Wildman–Crippen MR) is 94.7 cm³/mol. The van der Waals surface area contributed by atoms with E-state index in [4.69, 9.17) is 5.11 Å². The van der Waals surface area contributed by atoms with Crippen molar-refractivity contribution in [3.05, 3.63) is 12.2 Å². The van der Waals surface area contributed by atoms with Crippen molar-refractivity contribution in [1.29, 1.82) is 0 Å². The normalized spacial score (nSPS) is 11.2. The van der Waals surface area contributed by atoms with Gasteiger partial charge in [0.15, 0.2) is 0 Å². The number of allylic oxidation sites excluding steroid dienone is 2. The molecule has 0 aromatic rings. The van der Waals surface area contributed by atoms with Gasteiger partial charge in [0.1, 0.15) is 6.73 Å². The van der Waals surface area contributed by atoms with E-state index in [1.54, 1.807) is 0 Å². The molecule has 0 saturated heterocycles. The highest BCUT2D eigenvalue weighted by molar-refractivity contribution is 5.75. The first-order valence-corrected chi connectivity index (χ1v) is 9.33. The number of amides is 1. The number of rotatable bonds is 16. The Balaban J connectivity index is 3.12. The molecular formula is C19H37NO2. The summed E-state index contributed by atoms with van der Waals surface area (Å²) >= 11 is 0. The summed E-state index contributed by atoms with van der Waals surface area (Å²) in [6, 6.07) is 0. The molecule has 0 saturated carbocycles. The van der Waals surface area contributed by atoms with E-state index in [0.717, 1.165) is 12.8 Å². The Morgan fingerprint density at radius 1 is 0.818 bits per heavy atom. The van der Waals surface area contributed by atoms with Crippen molar-refractivity contribution in [1.82, 2.24) is 5.32 Å². The van der Waals surface area contributed by atoms with E-state index in [-0.39, 0.29) is 12.6 Å². The number of unbranched alkanes of at least 4 members (excludes halogenated alkanes) is 11. The first-order valence-electron chi connectivity index (χ1n) is 9.33. The molecule has 0 spiro atoms. The van der Waals surface area contributed by atoms with Crippen molar-refractivity contribution in [3.8, 4) is 0 Å². The SMILES string of the molecule is CCCCCCCCC=CCCCCCCCC(=O)NCO. The summed E-state index contributed by atoms with van der Waals surface area (Å²) in [4.78, 5) is 11.1. The lowest BCUT2D eigenvalue weighted by Gasteiger charge is -2.01. The Morgan fingerprint density at radius 2 is 1.32 bits per heavy atom. The van der Waals surface area contributed by atoms with E-state index in [1.807, 2.05) is 0 Å². The van der Waals surface area contributed by atoms with E-state index in [1.165, 1.54) is 70.6 Å². The molecule has 0 aliphatic carbocycles. The van der Waals surface area contributed by atoms with E-state index in [2.05, 4.69) is 24.4 Å². The summed E-state index contributed by atoms with van der Waals surface area (Å²) in [6.45, 7) is 2.01. The summed E-state index contributed by atoms with van der Waals surface area (Å²) in [5.41, 5.74) is 0. The quantitative estimate of drug-likeness (QED) is 0.237. The summed E-state index contributed by atoms with van der Waals surface area (Å²) in [6.07, 6.45) is 21.7. The van der Waals surface area contributed by atoms with Gasteiger partial charge in [0.25, 0.3) is 0 Å². The van der Waals surface area contributed by atoms with Crippen LogP contribution in [-0.4, -0.2) is 17.7 Å². The third-order valence-corrected chi connectivity index (χ3v) is 3.94. The van der Waals surface area contributed by atoms with Gasteiger partial charge < -0.3 is 10.4 Å². The highest BCUT2D eigenvalue weighted by Gasteiger charge is 1.98. The van der Waals surface area contributed by atoms with E-state index >= 15 is 0 Å². The maximum atomic E-state index is 11.1. The fourth-order valence-electron chi connectivity index (χ4n) is 2.53. The third kappa shape index (κ3) is 17.2. The van der Waals surface area contributed by atoms with Crippen LogP contribution in [0, 0.1) is 0 Å². The molecule has 130 valence electrons. The monoisotopic (exact) mass is 311 g/mol. The van der Waals surface area contributed by atoms with Crippen molar-refractivity contribution in [2.45, 2.75) is 96.8 Å². The van der Waals surface area contributed by atoms with E-state index in [9.17, 15) is 4.79 Å². The fourth-order valence-corrected chi connectivity index (χ4v) is 2.53. The first kappa shape index (κ1) is 21.2. The van der Waals surface area contributed by atoms with Crippen LogP contribution in [0.5, 0.6) is 0 Å². The number of hydrogen-bond donors (Lipinski definition) is 2. The third-order valence-electron chi connectivity index (χ3n) is 3.94. The number of aliphatic hydroxyl groups excluding tert-OH is 1. The number of carbonyl (C=O) groups is 1. The molecule has 0 aromatic heterocycles. The minimum atomic E-state index is -0.246. The maximum Gasteiger partial charge on any atom is 0.221 e. The maximum absolute atomic E-state index is 11.1. The molecule has 0 aliphatic rings. The van der Waals surface area contributed by atoms with Crippen LogP contribution in [-0.2, 0) is 4.79 Å². The van der Waals surface area contributed by atoms with Crippen molar-refractivity contribution in [3.63, 3.8) is 0 Å². The van der Waals surface area contributed by atoms with Gasteiger partial charge in [-0.3, -0.25) is 4.79 Å². The first-order chi connectivity index (χ1) is 10.8. The molecule has 0 rings (SSSR count). The lowest BCUT2D eigenvalue weighted by Crippen LogP contribution is -2.23. The average Bonchev–Trinajstić information content (AvgIpc) is 2.51. The number of aliphatic hydroxyl groups is 1. The van der Waals surface area contributed by atoms with Crippen LogP contribution in [0.3, 0.4) is 0 Å². The van der Waals surface area contributed by atoms with Crippen LogP contribution in [0.15, 0.2) is 12.2 Å². The Morgan fingerprint density at radius 3 is 1.86 bits per heavy atom. The summed E-state index contributed by atoms with van der Waals surface area (Å²) in [7, 11) is 0. The Kier molecular flexibility index (Phi) is 17.5. The van der Waals surface area contributed by atoms with Crippen LogP contribution < -0.4 is 5.32 Å². The van der Waals surface area contributed by atoms with Gasteiger partial charge in [-0.15, -0.1) is 0 Å². The van der Waals surface area contributed by atoms with E-state index < -0.39 is 0 Å². The lowest BCUT2D eigenvalue weighted by atomic mass is 10.1. The molecule has 0 radical (unpaired) electrons. The zero-order valence-corrected chi connectivity index (χ0v) is 14.6. The van der Waals surface area contributed by atoms with Gasteiger partial charge in [-0.25, -0.2) is 0 Å². The van der Waals surface area contributed by atoms with Crippen molar-refractivity contribution < 1.29 is 9.90 Å². The topological polar surface area (TPSA) is 49.3 Å². The molecule has 0 unspecified atom stereocenters. The van der Waals surface area contributed by atoms with Gasteiger partial charge in [0.05, 0.1) is 0 Å². The molecule has 1 amide bonds. The second-order valence-corrected chi connectivity index (χ2v) is 6.09. The van der Waals surface area contributed by atoms with Gasteiger partial charge >= 0.3 is 0 Å². The second kappa shape index (κ2) is 18.2. The van der Waals surface area contributed by atoms with Gasteiger partial charge in [-0.05, 0) is 32.1 Å². The lowest BCUT2D eigenvalue weighted by molar-refractivity contribution is -0.122. The molecule has 3 nitrogen and oxygen atoms in total. The number of carbonyl (C=O) groups excluding carboxylic acids is 1. The van der Waals surface area contributed by atoms with Crippen LogP contribution in [0.1, 0.15) is 96.8 Å². The van der Waals surface area contributed by atoms with Crippen LogP contribution in [0.2, 0.25) is 0 Å². The fraction of sp³-hybridized carbons (Fsp3) is 0.842. The Bertz CT molecular complexity index is 264. The van der Waals surface area contributed by atoms with Gasteiger partial charge in [-0.1, -0.05) is 70.4 Å². The van der Waals surface area contributed by atoms with Crippen molar-refractivity contribution >= 4 is 5.91 Å². The molecule has 22 heavy (non-hydrogen) atoms. The van der Waals surface area contributed by atoms with Crippen LogP contribution in [0.25, 0.3) is 0 Å². The van der Waals surface area contributed by atoms with Crippen molar-refractivity contribution in [2.24, 2.45) is 0 Å². The molecule has 2 N–H and O–H groups in total. The smallest absolute Gasteiger partial charge is 0.221 e. The molecule has 0 aromatic carbocycles. The molecule has 0 bridgehead atoms. The molecule has 3 heteroatoms. The highest BCUT2D eigenvalue weighted by atomic mass is 16.3. The van der Waals surface area contributed by atoms with Crippen molar-refractivity contribution in [2.75, 3.05) is 6.73 Å². The minimum Gasteiger partial charge on any atom is -0.377 e. The Hall–Kier alpha value is -0.830. The Labute approximate surface area is 137 Å². The summed E-state index contributed by atoms with van der Waals surface area (Å²) in [5.74, 6) is -0.0415. The van der Waals surface area contributed by atoms with Crippen LogP contribution >= 0.6 is 0 Å². The van der Waals surface area contributed by atoms with E-state index in [0.29, 0.717) is 6.42 Å². The summed E-state index contributed by atoms with van der Waals surface area (Å²) < 4.78 is 0. The molecular weight excluding hydrogens is 274 g/mol. The van der Waals surface area contributed by atoms with Gasteiger partial charge in [-0.2, -0.15) is 0 Å². The summed E-state index contributed by atoms with van der Waals surface area (Å²) in [5, 5.41) is 10.9.